The van der Waals surface area contributed by atoms with Crippen molar-refractivity contribution in [3.63, 3.8) is 0 Å². The van der Waals surface area contributed by atoms with Crippen LogP contribution in [0.15, 0.2) is 0 Å². The number of aliphatic hydroxyl groups excluding tert-OH is 1. The molecule has 1 saturated carbocycles. The largest absolute Gasteiger partial charge is 0.390 e. The number of nitrogens with zero attached hydrogens (tertiary/aromatic N) is 2. The number of ether oxygens (including phenoxy) is 1. The lowest BCUT2D eigenvalue weighted by molar-refractivity contribution is -0.0523. The van der Waals surface area contributed by atoms with E-state index in [0.29, 0.717) is 6.04 Å². The maximum Gasteiger partial charge on any atom is 0.0822 e. The first-order valence-electron chi connectivity index (χ1n) is 9.05. The van der Waals surface area contributed by atoms with Crippen LogP contribution in [-0.4, -0.2) is 73.0 Å². The quantitative estimate of drug-likeness (QED) is 0.838. The second-order valence-corrected chi connectivity index (χ2v) is 7.17. The van der Waals surface area contributed by atoms with Gasteiger partial charge in [0.15, 0.2) is 0 Å². The molecule has 0 aromatic rings. The molecule has 2 aliphatic heterocycles. The zero-order chi connectivity index (χ0) is 14.5. The molecule has 0 spiro atoms. The van der Waals surface area contributed by atoms with E-state index in [1.807, 2.05) is 0 Å². The monoisotopic (exact) mass is 296 g/mol. The molecule has 1 aliphatic carbocycles. The molecule has 2 saturated heterocycles. The normalized spacial score (nSPS) is 33.6. The summed E-state index contributed by atoms with van der Waals surface area (Å²) in [4.78, 5) is 4.92. The zero-order valence-corrected chi connectivity index (χ0v) is 13.4. The Morgan fingerprint density at radius 2 is 1.76 bits per heavy atom. The Bertz CT molecular complexity index is 301. The first-order valence-corrected chi connectivity index (χ1v) is 9.05. The Morgan fingerprint density at radius 3 is 2.48 bits per heavy atom. The number of hydrogen-bond donors (Lipinski definition) is 1. The molecule has 0 aromatic heterocycles. The van der Waals surface area contributed by atoms with Gasteiger partial charge in [-0.15, -0.1) is 0 Å². The van der Waals surface area contributed by atoms with Crippen molar-refractivity contribution in [1.29, 1.82) is 0 Å². The smallest absolute Gasteiger partial charge is 0.0822 e. The molecule has 0 bridgehead atoms. The number of β-amino-alcohol motifs (C(OH)–C–C–N with tert-alkyl or cyclic N) is 1. The van der Waals surface area contributed by atoms with E-state index in [4.69, 9.17) is 4.74 Å². The molecule has 0 aromatic carbocycles. The summed E-state index contributed by atoms with van der Waals surface area (Å²) in [6, 6.07) is 0.361. The molecule has 0 amide bonds. The Balaban J connectivity index is 1.36. The molecule has 21 heavy (non-hydrogen) atoms. The van der Waals surface area contributed by atoms with Crippen LogP contribution in [0.3, 0.4) is 0 Å². The van der Waals surface area contributed by atoms with E-state index < -0.39 is 0 Å². The number of aliphatic hydroxyl groups is 1. The first kappa shape index (κ1) is 15.7. The molecule has 2 atom stereocenters. The van der Waals surface area contributed by atoms with Gasteiger partial charge < -0.3 is 14.7 Å². The van der Waals surface area contributed by atoms with Crippen LogP contribution in [0.5, 0.6) is 0 Å². The highest BCUT2D eigenvalue weighted by molar-refractivity contribution is 4.88. The van der Waals surface area contributed by atoms with E-state index in [2.05, 4.69) is 9.80 Å². The fraction of sp³-hybridized carbons (Fsp3) is 1.00. The maximum absolute atomic E-state index is 10.5. The third kappa shape index (κ3) is 4.41. The fourth-order valence-corrected chi connectivity index (χ4v) is 4.43. The topological polar surface area (TPSA) is 35.9 Å². The first-order chi connectivity index (χ1) is 10.3. The highest BCUT2D eigenvalue weighted by Crippen LogP contribution is 2.28. The van der Waals surface area contributed by atoms with Crippen LogP contribution in [0.25, 0.3) is 0 Å². The van der Waals surface area contributed by atoms with Gasteiger partial charge >= 0.3 is 0 Å². The van der Waals surface area contributed by atoms with Crippen LogP contribution in [0.2, 0.25) is 0 Å². The van der Waals surface area contributed by atoms with E-state index in [-0.39, 0.29) is 6.10 Å². The van der Waals surface area contributed by atoms with Gasteiger partial charge in [-0.1, -0.05) is 25.7 Å². The highest BCUT2D eigenvalue weighted by Gasteiger charge is 2.32. The SMILES string of the molecule is O[C@@H]1CN(CCCC2CCCC2)CC[C@H]1N1CCOCC1. The van der Waals surface area contributed by atoms with Crippen LogP contribution in [0, 0.1) is 5.92 Å². The van der Waals surface area contributed by atoms with Crippen LogP contribution >= 0.6 is 0 Å². The summed E-state index contributed by atoms with van der Waals surface area (Å²) in [6.07, 6.45) is 9.49. The highest BCUT2D eigenvalue weighted by atomic mass is 16.5. The molecular weight excluding hydrogens is 264 g/mol. The van der Waals surface area contributed by atoms with Crippen LogP contribution < -0.4 is 0 Å². The number of piperidine rings is 1. The van der Waals surface area contributed by atoms with Crippen molar-refractivity contribution in [2.24, 2.45) is 5.92 Å². The van der Waals surface area contributed by atoms with E-state index >= 15 is 0 Å². The summed E-state index contributed by atoms with van der Waals surface area (Å²) in [5.41, 5.74) is 0. The lowest BCUT2D eigenvalue weighted by atomic mass is 9.98. The van der Waals surface area contributed by atoms with Gasteiger partial charge in [0.25, 0.3) is 0 Å². The maximum atomic E-state index is 10.5. The van der Waals surface area contributed by atoms with Crippen molar-refractivity contribution in [3.8, 4) is 0 Å². The summed E-state index contributed by atoms with van der Waals surface area (Å²) in [6.45, 7) is 6.84. The average Bonchev–Trinajstić information content (AvgIpc) is 3.02. The van der Waals surface area contributed by atoms with E-state index in [1.165, 1.54) is 45.1 Å². The third-order valence-electron chi connectivity index (χ3n) is 5.71. The molecule has 0 unspecified atom stereocenters. The second kappa shape index (κ2) is 7.91. The van der Waals surface area contributed by atoms with Crippen molar-refractivity contribution in [3.05, 3.63) is 0 Å². The van der Waals surface area contributed by atoms with Gasteiger partial charge in [0.1, 0.15) is 0 Å². The van der Waals surface area contributed by atoms with Crippen LogP contribution in [0.1, 0.15) is 44.9 Å². The summed E-state index contributed by atoms with van der Waals surface area (Å²) in [5, 5.41) is 10.5. The summed E-state index contributed by atoms with van der Waals surface area (Å²) in [5.74, 6) is 1.00. The van der Waals surface area contributed by atoms with Gasteiger partial charge in [-0.25, -0.2) is 0 Å². The predicted molar refractivity (Wildman–Crippen MR) is 84.4 cm³/mol. The van der Waals surface area contributed by atoms with Gasteiger partial charge in [-0.3, -0.25) is 4.90 Å². The minimum Gasteiger partial charge on any atom is -0.390 e. The van der Waals surface area contributed by atoms with Gasteiger partial charge in [-0.2, -0.15) is 0 Å². The lowest BCUT2D eigenvalue weighted by Gasteiger charge is -2.43. The van der Waals surface area contributed by atoms with E-state index in [9.17, 15) is 5.11 Å². The molecule has 1 N–H and O–H groups in total. The van der Waals surface area contributed by atoms with Gasteiger partial charge in [0.2, 0.25) is 0 Å². The van der Waals surface area contributed by atoms with Gasteiger partial charge in [0, 0.05) is 25.7 Å². The van der Waals surface area contributed by atoms with Crippen molar-refractivity contribution in [2.45, 2.75) is 57.1 Å². The number of likely N-dealkylation sites (tertiary alicyclic amines) is 1. The van der Waals surface area contributed by atoms with E-state index in [0.717, 1.165) is 51.7 Å². The van der Waals surface area contributed by atoms with E-state index in [1.54, 1.807) is 0 Å². The van der Waals surface area contributed by atoms with Crippen molar-refractivity contribution in [1.82, 2.24) is 9.80 Å². The molecule has 3 aliphatic rings. The molecule has 122 valence electrons. The Hall–Kier alpha value is -0.160. The number of rotatable bonds is 5. The standard InChI is InChI=1S/C17H32N2O2/c20-17-14-18(8-3-6-15-4-1-2-5-15)9-7-16(17)19-10-12-21-13-11-19/h15-17,20H,1-14H2/t16-,17-/m1/s1. The zero-order valence-electron chi connectivity index (χ0n) is 13.4. The van der Waals surface area contributed by atoms with Crippen LogP contribution in [0.4, 0.5) is 0 Å². The van der Waals surface area contributed by atoms with Gasteiger partial charge in [0.05, 0.1) is 19.3 Å². The van der Waals surface area contributed by atoms with Crippen LogP contribution in [-0.2, 0) is 4.74 Å². The molecule has 3 fully saturated rings. The minimum atomic E-state index is -0.177. The fourth-order valence-electron chi connectivity index (χ4n) is 4.43. The molecule has 3 rings (SSSR count). The Morgan fingerprint density at radius 1 is 1.00 bits per heavy atom. The predicted octanol–water partition coefficient (Wildman–Crippen LogP) is 1.72. The number of hydrogen-bond acceptors (Lipinski definition) is 4. The molecule has 4 heteroatoms. The summed E-state index contributed by atoms with van der Waals surface area (Å²) >= 11 is 0. The second-order valence-electron chi connectivity index (χ2n) is 7.17. The molecule has 4 nitrogen and oxygen atoms in total. The van der Waals surface area contributed by atoms with Crippen molar-refractivity contribution in [2.75, 3.05) is 45.9 Å². The number of morpholine rings is 1. The Kier molecular flexibility index (Phi) is 5.92. The third-order valence-corrected chi connectivity index (χ3v) is 5.71. The lowest BCUT2D eigenvalue weighted by Crippen LogP contribution is -2.56. The van der Waals surface area contributed by atoms with Crippen molar-refractivity contribution >= 4 is 0 Å². The summed E-state index contributed by atoms with van der Waals surface area (Å²) in [7, 11) is 0. The minimum absolute atomic E-state index is 0.177. The van der Waals surface area contributed by atoms with Gasteiger partial charge in [-0.05, 0) is 38.3 Å². The summed E-state index contributed by atoms with van der Waals surface area (Å²) < 4.78 is 5.41. The molecule has 0 radical (unpaired) electrons. The Labute approximate surface area is 129 Å². The molecular formula is C17H32N2O2. The average molecular weight is 296 g/mol. The van der Waals surface area contributed by atoms with Crippen molar-refractivity contribution < 1.29 is 9.84 Å². The molecule has 2 heterocycles.